The van der Waals surface area contributed by atoms with Gasteiger partial charge in [0.25, 0.3) is 0 Å². The quantitative estimate of drug-likeness (QED) is 0.459. The first kappa shape index (κ1) is 23.2. The zero-order chi connectivity index (χ0) is 23.1. The van der Waals surface area contributed by atoms with Crippen molar-refractivity contribution in [2.45, 2.75) is 24.6 Å². The first-order chi connectivity index (χ1) is 13.5. The number of ether oxygens (including phenoxy) is 2. The molecule has 0 saturated heterocycles. The van der Waals surface area contributed by atoms with E-state index in [1.165, 1.54) is 0 Å². The lowest BCUT2D eigenvalue weighted by atomic mass is 10.0. The van der Waals surface area contributed by atoms with E-state index in [0.717, 1.165) is 30.3 Å². The molecule has 2 aromatic rings. The smallest absolute Gasteiger partial charge is 0.421 e. The molecule has 2 rings (SSSR count). The third kappa shape index (κ3) is 4.57. The SMILES string of the molecule is Nc1ccc(-c2ccc(N)c(OC(F)(F)C(F)(F)F)c2OC(F)(F)C(F)(F)F)cc1. The molecule has 0 amide bonds. The normalized spacial score (nSPS) is 13.3. The van der Waals surface area contributed by atoms with Crippen LogP contribution in [0.4, 0.5) is 55.3 Å². The Balaban J connectivity index is 2.74. The lowest BCUT2D eigenvalue weighted by molar-refractivity contribution is -0.367. The lowest BCUT2D eigenvalue weighted by Crippen LogP contribution is -2.43. The summed E-state index contributed by atoms with van der Waals surface area (Å²) in [4.78, 5) is 0. The van der Waals surface area contributed by atoms with Gasteiger partial charge in [0.05, 0.1) is 5.69 Å². The van der Waals surface area contributed by atoms with Gasteiger partial charge in [-0.15, -0.1) is 0 Å². The van der Waals surface area contributed by atoms with Gasteiger partial charge in [-0.05, 0) is 29.8 Å². The molecule has 166 valence electrons. The van der Waals surface area contributed by atoms with E-state index in [9.17, 15) is 43.9 Å². The third-order valence-electron chi connectivity index (χ3n) is 3.48. The molecule has 0 aliphatic carbocycles. The van der Waals surface area contributed by atoms with E-state index in [4.69, 9.17) is 11.5 Å². The Bertz CT molecular complexity index is 908. The lowest BCUT2D eigenvalue weighted by Gasteiger charge is -2.27. The van der Waals surface area contributed by atoms with Gasteiger partial charge < -0.3 is 20.9 Å². The largest absolute Gasteiger partial charge is 0.499 e. The molecule has 0 heterocycles. The minimum Gasteiger partial charge on any atom is -0.421 e. The molecular formula is C16H10F10N2O2. The molecular weight excluding hydrogens is 442 g/mol. The molecule has 0 unspecified atom stereocenters. The number of benzene rings is 2. The Morgan fingerprint density at radius 3 is 1.43 bits per heavy atom. The van der Waals surface area contributed by atoms with Crippen LogP contribution in [0.1, 0.15) is 0 Å². The van der Waals surface area contributed by atoms with Crippen LogP contribution in [0, 0.1) is 0 Å². The molecule has 2 aromatic carbocycles. The highest BCUT2D eigenvalue weighted by atomic mass is 19.4. The Hall–Kier alpha value is -3.06. The predicted molar refractivity (Wildman–Crippen MR) is 84.0 cm³/mol. The average molecular weight is 452 g/mol. The van der Waals surface area contributed by atoms with E-state index in [-0.39, 0.29) is 11.3 Å². The molecule has 14 heteroatoms. The number of halogens is 10. The fourth-order valence-corrected chi connectivity index (χ4v) is 2.05. The Morgan fingerprint density at radius 1 is 0.567 bits per heavy atom. The van der Waals surface area contributed by atoms with Crippen molar-refractivity contribution in [1.82, 2.24) is 0 Å². The summed E-state index contributed by atoms with van der Waals surface area (Å²) in [5.74, 6) is -3.65. The first-order valence-corrected chi connectivity index (χ1v) is 7.52. The van der Waals surface area contributed by atoms with Crippen LogP contribution < -0.4 is 20.9 Å². The zero-order valence-corrected chi connectivity index (χ0v) is 14.2. The Morgan fingerprint density at radius 2 is 1.00 bits per heavy atom. The van der Waals surface area contributed by atoms with E-state index in [1.807, 2.05) is 0 Å². The van der Waals surface area contributed by atoms with Crippen molar-refractivity contribution in [3.8, 4) is 22.6 Å². The van der Waals surface area contributed by atoms with Gasteiger partial charge in [-0.3, -0.25) is 0 Å². The summed E-state index contributed by atoms with van der Waals surface area (Å²) in [6, 6.07) is 5.86. The third-order valence-corrected chi connectivity index (χ3v) is 3.48. The molecule has 0 aliphatic heterocycles. The average Bonchev–Trinajstić information content (AvgIpc) is 2.57. The zero-order valence-electron chi connectivity index (χ0n) is 14.2. The van der Waals surface area contributed by atoms with Gasteiger partial charge in [0.15, 0.2) is 11.5 Å². The van der Waals surface area contributed by atoms with Crippen molar-refractivity contribution in [1.29, 1.82) is 0 Å². The number of nitrogens with two attached hydrogens (primary N) is 2. The molecule has 0 radical (unpaired) electrons. The molecule has 0 aromatic heterocycles. The summed E-state index contributed by atoms with van der Waals surface area (Å²) in [6.45, 7) is 0. The topological polar surface area (TPSA) is 70.5 Å². The second kappa shape index (κ2) is 7.32. The van der Waals surface area contributed by atoms with Crippen molar-refractivity contribution >= 4 is 11.4 Å². The first-order valence-electron chi connectivity index (χ1n) is 7.52. The van der Waals surface area contributed by atoms with Gasteiger partial charge in [-0.25, -0.2) is 0 Å². The maximum atomic E-state index is 13.5. The molecule has 30 heavy (non-hydrogen) atoms. The maximum absolute atomic E-state index is 13.5. The van der Waals surface area contributed by atoms with Crippen LogP contribution in [0.5, 0.6) is 11.5 Å². The second-order valence-corrected chi connectivity index (χ2v) is 5.72. The summed E-state index contributed by atoms with van der Waals surface area (Å²) < 4.78 is 136. The van der Waals surface area contributed by atoms with Crippen molar-refractivity contribution < 1.29 is 53.4 Å². The van der Waals surface area contributed by atoms with Crippen molar-refractivity contribution in [3.63, 3.8) is 0 Å². The van der Waals surface area contributed by atoms with E-state index < -0.39 is 47.3 Å². The van der Waals surface area contributed by atoms with Crippen LogP contribution in [0.25, 0.3) is 11.1 Å². The minimum atomic E-state index is -6.35. The molecule has 4 nitrogen and oxygen atoms in total. The monoisotopic (exact) mass is 452 g/mol. The molecule has 0 aliphatic rings. The van der Waals surface area contributed by atoms with E-state index in [1.54, 1.807) is 0 Å². The van der Waals surface area contributed by atoms with Crippen LogP contribution in [0.3, 0.4) is 0 Å². The standard InChI is InChI=1S/C16H10F10N2O2/c17-13(18,19)15(23,24)29-11-9(7-1-3-8(27)4-2-7)5-6-10(28)12(11)30-16(25,26)14(20,21)22/h1-6H,27-28H2. The number of rotatable bonds is 5. The summed E-state index contributed by atoms with van der Waals surface area (Å²) in [6.07, 6.45) is -24.7. The highest BCUT2D eigenvalue weighted by Crippen LogP contribution is 2.50. The number of alkyl halides is 10. The van der Waals surface area contributed by atoms with Crippen LogP contribution in [-0.4, -0.2) is 24.6 Å². The summed E-state index contributed by atoms with van der Waals surface area (Å²) in [5.41, 5.74) is 8.67. The summed E-state index contributed by atoms with van der Waals surface area (Å²) >= 11 is 0. The van der Waals surface area contributed by atoms with E-state index in [0.29, 0.717) is 6.07 Å². The fraction of sp³-hybridized carbons (Fsp3) is 0.250. The van der Waals surface area contributed by atoms with Crippen LogP contribution in [-0.2, 0) is 0 Å². The second-order valence-electron chi connectivity index (χ2n) is 5.72. The summed E-state index contributed by atoms with van der Waals surface area (Å²) in [5, 5.41) is 0. The van der Waals surface area contributed by atoms with Gasteiger partial charge in [0.1, 0.15) is 0 Å². The van der Waals surface area contributed by atoms with Crippen molar-refractivity contribution in [2.75, 3.05) is 11.5 Å². The van der Waals surface area contributed by atoms with Crippen molar-refractivity contribution in [2.24, 2.45) is 0 Å². The van der Waals surface area contributed by atoms with E-state index >= 15 is 0 Å². The van der Waals surface area contributed by atoms with Gasteiger partial charge >= 0.3 is 24.6 Å². The molecule has 0 spiro atoms. The highest BCUT2D eigenvalue weighted by molar-refractivity contribution is 5.79. The van der Waals surface area contributed by atoms with Crippen LogP contribution >= 0.6 is 0 Å². The number of hydrogen-bond acceptors (Lipinski definition) is 4. The van der Waals surface area contributed by atoms with Gasteiger partial charge in [-0.1, -0.05) is 12.1 Å². The molecule has 0 atom stereocenters. The molecule has 0 saturated carbocycles. The number of hydrogen-bond donors (Lipinski definition) is 2. The highest BCUT2D eigenvalue weighted by Gasteiger charge is 2.63. The molecule has 0 bridgehead atoms. The fourth-order valence-electron chi connectivity index (χ4n) is 2.05. The molecule has 0 fully saturated rings. The summed E-state index contributed by atoms with van der Waals surface area (Å²) in [7, 11) is 0. The number of nitrogen functional groups attached to an aromatic ring is 2. The van der Waals surface area contributed by atoms with Crippen LogP contribution in [0.15, 0.2) is 36.4 Å². The predicted octanol–water partition coefficient (Wildman–Crippen LogP) is 5.59. The Kier molecular flexibility index (Phi) is 5.67. The number of anilines is 2. The van der Waals surface area contributed by atoms with E-state index in [2.05, 4.69) is 9.47 Å². The minimum absolute atomic E-state index is 0.123. The molecule has 4 N–H and O–H groups in total. The Labute approximate surface area is 161 Å². The van der Waals surface area contributed by atoms with Crippen molar-refractivity contribution in [3.05, 3.63) is 36.4 Å². The maximum Gasteiger partial charge on any atom is 0.499 e. The van der Waals surface area contributed by atoms with Gasteiger partial charge in [-0.2, -0.15) is 43.9 Å². The van der Waals surface area contributed by atoms with Gasteiger partial charge in [0.2, 0.25) is 0 Å². The van der Waals surface area contributed by atoms with Crippen LogP contribution in [0.2, 0.25) is 0 Å². The van der Waals surface area contributed by atoms with Gasteiger partial charge in [0, 0.05) is 11.3 Å².